The normalized spacial score (nSPS) is 10.9. The Morgan fingerprint density at radius 3 is 2.75 bits per heavy atom. The molecular formula is C15H12FNO2S. The molecule has 0 fully saturated rings. The third kappa shape index (κ3) is 2.20. The van der Waals surface area contributed by atoms with Crippen molar-refractivity contribution >= 4 is 27.5 Å². The SMILES string of the molecule is COC(=O)c1cc2ccsc2n1Cc1ccc(F)cc1. The molecule has 0 atom stereocenters. The van der Waals surface area contributed by atoms with Crippen LogP contribution in [0.25, 0.3) is 10.2 Å². The van der Waals surface area contributed by atoms with Gasteiger partial charge in [-0.3, -0.25) is 0 Å². The van der Waals surface area contributed by atoms with Gasteiger partial charge in [-0.15, -0.1) is 11.3 Å². The van der Waals surface area contributed by atoms with Crippen LogP contribution >= 0.6 is 11.3 Å². The number of esters is 1. The minimum Gasteiger partial charge on any atom is -0.464 e. The van der Waals surface area contributed by atoms with Gasteiger partial charge in [0.2, 0.25) is 0 Å². The summed E-state index contributed by atoms with van der Waals surface area (Å²) < 4.78 is 19.7. The molecule has 0 N–H and O–H groups in total. The zero-order valence-electron chi connectivity index (χ0n) is 10.8. The number of nitrogens with zero attached hydrogens (tertiary/aromatic N) is 1. The lowest BCUT2D eigenvalue weighted by Gasteiger charge is -2.08. The first-order valence-corrected chi connectivity index (χ1v) is 6.96. The predicted molar refractivity (Wildman–Crippen MR) is 76.7 cm³/mol. The summed E-state index contributed by atoms with van der Waals surface area (Å²) in [6.45, 7) is 0.509. The standard InChI is InChI=1S/C15H12FNO2S/c1-19-15(18)13-8-11-6-7-20-14(11)17(13)9-10-2-4-12(16)5-3-10/h2-8H,9H2,1H3. The number of fused-ring (bicyclic) bond motifs is 1. The third-order valence-electron chi connectivity index (χ3n) is 3.15. The van der Waals surface area contributed by atoms with E-state index in [2.05, 4.69) is 0 Å². The third-order valence-corrected chi connectivity index (χ3v) is 4.10. The lowest BCUT2D eigenvalue weighted by Crippen LogP contribution is -2.11. The second-order valence-electron chi connectivity index (χ2n) is 4.41. The first-order chi connectivity index (χ1) is 9.69. The summed E-state index contributed by atoms with van der Waals surface area (Å²) in [6, 6.07) is 10.1. The van der Waals surface area contributed by atoms with Crippen LogP contribution in [-0.2, 0) is 11.3 Å². The largest absolute Gasteiger partial charge is 0.464 e. The van der Waals surface area contributed by atoms with Crippen molar-refractivity contribution in [1.82, 2.24) is 4.57 Å². The van der Waals surface area contributed by atoms with E-state index in [0.29, 0.717) is 12.2 Å². The van der Waals surface area contributed by atoms with Crippen LogP contribution in [0.15, 0.2) is 41.8 Å². The minimum atomic E-state index is -0.365. The number of hydrogen-bond acceptors (Lipinski definition) is 3. The number of benzene rings is 1. The molecule has 0 saturated carbocycles. The van der Waals surface area contributed by atoms with Gasteiger partial charge in [-0.2, -0.15) is 0 Å². The molecule has 0 radical (unpaired) electrons. The highest BCUT2D eigenvalue weighted by molar-refractivity contribution is 7.16. The topological polar surface area (TPSA) is 31.2 Å². The number of rotatable bonds is 3. The van der Waals surface area contributed by atoms with Gasteiger partial charge in [0.25, 0.3) is 0 Å². The Morgan fingerprint density at radius 2 is 2.05 bits per heavy atom. The molecule has 0 unspecified atom stereocenters. The number of thiophene rings is 1. The average Bonchev–Trinajstić information content (AvgIpc) is 3.03. The Morgan fingerprint density at radius 1 is 1.30 bits per heavy atom. The molecule has 0 spiro atoms. The van der Waals surface area contributed by atoms with Gasteiger partial charge in [-0.05, 0) is 35.2 Å². The quantitative estimate of drug-likeness (QED) is 0.689. The molecule has 20 heavy (non-hydrogen) atoms. The second-order valence-corrected chi connectivity index (χ2v) is 5.31. The van der Waals surface area contributed by atoms with Crippen LogP contribution in [0.1, 0.15) is 16.1 Å². The fourth-order valence-corrected chi connectivity index (χ4v) is 3.07. The summed E-state index contributed by atoms with van der Waals surface area (Å²) in [5, 5.41) is 2.99. The molecule has 1 aromatic carbocycles. The maximum Gasteiger partial charge on any atom is 0.354 e. The molecule has 2 heterocycles. The number of carbonyl (C=O) groups is 1. The Labute approximate surface area is 119 Å². The van der Waals surface area contributed by atoms with Crippen LogP contribution in [0, 0.1) is 5.82 Å². The van der Waals surface area contributed by atoms with Crippen LogP contribution in [0.2, 0.25) is 0 Å². The highest BCUT2D eigenvalue weighted by Crippen LogP contribution is 2.26. The van der Waals surface area contributed by atoms with Crippen LogP contribution < -0.4 is 0 Å². The Kier molecular flexibility index (Phi) is 3.28. The number of hydrogen-bond donors (Lipinski definition) is 0. The van der Waals surface area contributed by atoms with Crippen molar-refractivity contribution in [3.05, 3.63) is 58.9 Å². The molecule has 0 aliphatic heterocycles. The molecule has 102 valence electrons. The van der Waals surface area contributed by atoms with Crippen molar-refractivity contribution in [2.75, 3.05) is 7.11 Å². The minimum absolute atomic E-state index is 0.268. The van der Waals surface area contributed by atoms with E-state index in [1.165, 1.54) is 19.2 Å². The summed E-state index contributed by atoms with van der Waals surface area (Å²) in [7, 11) is 1.37. The predicted octanol–water partition coefficient (Wildman–Crippen LogP) is 3.68. The van der Waals surface area contributed by atoms with E-state index in [4.69, 9.17) is 4.74 Å². The van der Waals surface area contributed by atoms with E-state index in [0.717, 1.165) is 15.8 Å². The van der Waals surface area contributed by atoms with Crippen LogP contribution in [0.3, 0.4) is 0 Å². The lowest BCUT2D eigenvalue weighted by molar-refractivity contribution is 0.0589. The summed E-state index contributed by atoms with van der Waals surface area (Å²) >= 11 is 1.57. The number of ether oxygens (including phenoxy) is 1. The smallest absolute Gasteiger partial charge is 0.354 e. The molecule has 0 amide bonds. The Hall–Kier alpha value is -2.14. The van der Waals surface area contributed by atoms with E-state index in [9.17, 15) is 9.18 Å². The van der Waals surface area contributed by atoms with Gasteiger partial charge < -0.3 is 9.30 Å². The molecule has 3 rings (SSSR count). The van der Waals surface area contributed by atoms with Crippen molar-refractivity contribution in [1.29, 1.82) is 0 Å². The molecular weight excluding hydrogens is 277 g/mol. The van der Waals surface area contributed by atoms with Gasteiger partial charge in [0, 0.05) is 11.9 Å². The van der Waals surface area contributed by atoms with Crippen LogP contribution in [-0.4, -0.2) is 17.6 Å². The summed E-state index contributed by atoms with van der Waals surface area (Å²) in [6.07, 6.45) is 0. The van der Waals surface area contributed by atoms with E-state index in [1.807, 2.05) is 22.1 Å². The van der Waals surface area contributed by atoms with Crippen molar-refractivity contribution in [2.24, 2.45) is 0 Å². The first kappa shape index (κ1) is 12.9. The second kappa shape index (κ2) is 5.09. The summed E-state index contributed by atoms with van der Waals surface area (Å²) in [5.41, 5.74) is 1.45. The fourth-order valence-electron chi connectivity index (χ4n) is 2.18. The van der Waals surface area contributed by atoms with E-state index in [-0.39, 0.29) is 11.8 Å². The zero-order valence-corrected chi connectivity index (χ0v) is 11.6. The fraction of sp³-hybridized carbons (Fsp3) is 0.133. The van der Waals surface area contributed by atoms with Gasteiger partial charge in [0.05, 0.1) is 7.11 Å². The Bertz CT molecular complexity index is 758. The molecule has 0 saturated heterocycles. The average molecular weight is 289 g/mol. The number of halogens is 1. The Balaban J connectivity index is 2.06. The van der Waals surface area contributed by atoms with Crippen molar-refractivity contribution in [2.45, 2.75) is 6.54 Å². The zero-order chi connectivity index (χ0) is 14.1. The maximum atomic E-state index is 13.0. The molecule has 3 aromatic rings. The van der Waals surface area contributed by atoms with Gasteiger partial charge in [0.15, 0.2) is 0 Å². The monoisotopic (exact) mass is 289 g/mol. The summed E-state index contributed by atoms with van der Waals surface area (Å²) in [4.78, 5) is 12.9. The first-order valence-electron chi connectivity index (χ1n) is 6.08. The maximum absolute atomic E-state index is 13.0. The van der Waals surface area contributed by atoms with E-state index in [1.54, 1.807) is 23.5 Å². The van der Waals surface area contributed by atoms with E-state index >= 15 is 0 Å². The highest BCUT2D eigenvalue weighted by atomic mass is 32.1. The lowest BCUT2D eigenvalue weighted by atomic mass is 10.2. The van der Waals surface area contributed by atoms with Crippen molar-refractivity contribution < 1.29 is 13.9 Å². The van der Waals surface area contributed by atoms with Crippen molar-refractivity contribution in [3.8, 4) is 0 Å². The van der Waals surface area contributed by atoms with Crippen LogP contribution in [0.5, 0.6) is 0 Å². The molecule has 0 aliphatic rings. The molecule has 3 nitrogen and oxygen atoms in total. The van der Waals surface area contributed by atoms with Gasteiger partial charge >= 0.3 is 5.97 Å². The molecule has 5 heteroatoms. The number of carbonyl (C=O) groups excluding carboxylic acids is 1. The van der Waals surface area contributed by atoms with E-state index < -0.39 is 0 Å². The van der Waals surface area contributed by atoms with Gasteiger partial charge in [-0.1, -0.05) is 12.1 Å². The molecule has 2 aromatic heterocycles. The molecule has 0 bridgehead atoms. The van der Waals surface area contributed by atoms with Gasteiger partial charge in [0.1, 0.15) is 16.3 Å². The summed E-state index contributed by atoms with van der Waals surface area (Å²) in [5.74, 6) is -0.633. The van der Waals surface area contributed by atoms with Gasteiger partial charge in [-0.25, -0.2) is 9.18 Å². The van der Waals surface area contributed by atoms with Crippen molar-refractivity contribution in [3.63, 3.8) is 0 Å². The number of aromatic nitrogens is 1. The highest BCUT2D eigenvalue weighted by Gasteiger charge is 2.17. The number of methoxy groups -OCH3 is 1. The van der Waals surface area contributed by atoms with Crippen LogP contribution in [0.4, 0.5) is 4.39 Å². The molecule has 0 aliphatic carbocycles.